The van der Waals surface area contributed by atoms with E-state index in [1.807, 2.05) is 31.2 Å². The number of hydrogen-bond donors (Lipinski definition) is 1. The van der Waals surface area contributed by atoms with Crippen LogP contribution in [0.5, 0.6) is 5.75 Å². The Morgan fingerprint density at radius 3 is 2.92 bits per heavy atom. The largest absolute Gasteiger partial charge is 0.494 e. The van der Waals surface area contributed by atoms with Crippen LogP contribution in [0, 0.1) is 5.41 Å². The number of nitrogens with one attached hydrogen (secondary N) is 1. The van der Waals surface area contributed by atoms with Crippen molar-refractivity contribution in [1.82, 2.24) is 20.2 Å². The molecule has 0 bridgehead atoms. The zero-order valence-electron chi connectivity index (χ0n) is 14.6. The third-order valence-electron chi connectivity index (χ3n) is 4.71. The molecule has 25 heavy (non-hydrogen) atoms. The second-order valence-corrected chi connectivity index (χ2v) is 7.28. The Morgan fingerprint density at radius 2 is 2.12 bits per heavy atom. The van der Waals surface area contributed by atoms with E-state index in [4.69, 9.17) is 4.74 Å². The van der Waals surface area contributed by atoms with E-state index in [2.05, 4.69) is 34.7 Å². The highest BCUT2D eigenvalue weighted by Gasteiger charge is 2.42. The minimum absolute atomic E-state index is 0.0808. The number of allylic oxidation sites excluding steroid dienone is 2. The topological polar surface area (TPSA) is 81.9 Å². The van der Waals surface area contributed by atoms with Crippen molar-refractivity contribution in [1.29, 1.82) is 0 Å². The lowest BCUT2D eigenvalue weighted by Crippen LogP contribution is -2.36. The summed E-state index contributed by atoms with van der Waals surface area (Å²) in [6.45, 7) is 6.71. The summed E-state index contributed by atoms with van der Waals surface area (Å²) in [6.07, 6.45) is 1.30. The molecule has 7 heteroatoms. The molecule has 1 atom stereocenters. The van der Waals surface area contributed by atoms with E-state index < -0.39 is 0 Å². The molecular weight excluding hydrogens is 318 g/mol. The Labute approximate surface area is 146 Å². The second kappa shape index (κ2) is 5.68. The summed E-state index contributed by atoms with van der Waals surface area (Å²) >= 11 is 0. The van der Waals surface area contributed by atoms with Crippen molar-refractivity contribution in [2.45, 2.75) is 39.7 Å². The third kappa shape index (κ3) is 2.59. The number of ether oxygens (including phenoxy) is 1. The van der Waals surface area contributed by atoms with Gasteiger partial charge in [0.25, 0.3) is 0 Å². The van der Waals surface area contributed by atoms with E-state index in [0.717, 1.165) is 29.0 Å². The van der Waals surface area contributed by atoms with Crippen LogP contribution in [0.2, 0.25) is 0 Å². The third-order valence-corrected chi connectivity index (χ3v) is 4.71. The van der Waals surface area contributed by atoms with Crippen LogP contribution in [0.1, 0.15) is 45.2 Å². The molecule has 0 radical (unpaired) electrons. The van der Waals surface area contributed by atoms with Gasteiger partial charge >= 0.3 is 0 Å². The van der Waals surface area contributed by atoms with Crippen molar-refractivity contribution in [3.05, 3.63) is 41.1 Å². The predicted molar refractivity (Wildman–Crippen MR) is 92.2 cm³/mol. The van der Waals surface area contributed by atoms with Gasteiger partial charge in [0.15, 0.2) is 5.78 Å². The minimum atomic E-state index is -0.368. The fraction of sp³-hybridized carbons (Fsp3) is 0.444. The number of carbonyl (C=O) groups is 1. The molecule has 0 saturated heterocycles. The highest BCUT2D eigenvalue weighted by molar-refractivity contribution is 6.00. The molecule has 0 unspecified atom stereocenters. The molecule has 1 aliphatic carbocycles. The molecule has 2 aliphatic rings. The van der Waals surface area contributed by atoms with Gasteiger partial charge in [-0.15, -0.1) is 0 Å². The fourth-order valence-corrected chi connectivity index (χ4v) is 3.75. The van der Waals surface area contributed by atoms with E-state index in [-0.39, 0.29) is 17.2 Å². The number of carbonyl (C=O) groups excluding carboxylic acids is 1. The number of anilines is 1. The van der Waals surface area contributed by atoms with Crippen molar-refractivity contribution in [3.8, 4) is 5.75 Å². The smallest absolute Gasteiger partial charge is 0.248 e. The van der Waals surface area contributed by atoms with Gasteiger partial charge in [-0.25, -0.2) is 0 Å². The SMILES string of the molecule is CCOc1ccccc1[C@@H]1C2=C(CC(C)(C)CC2=O)Nc2nnnn21. The van der Waals surface area contributed by atoms with Gasteiger partial charge in [0.05, 0.1) is 6.61 Å². The number of ketones is 1. The molecule has 0 amide bonds. The predicted octanol–water partition coefficient (Wildman–Crippen LogP) is 2.73. The lowest BCUT2D eigenvalue weighted by Gasteiger charge is -2.38. The van der Waals surface area contributed by atoms with Gasteiger partial charge in [-0.05, 0) is 35.3 Å². The van der Waals surface area contributed by atoms with Crippen LogP contribution in [0.15, 0.2) is 35.5 Å². The molecular formula is C18H21N5O2. The van der Waals surface area contributed by atoms with Crippen molar-refractivity contribution in [2.24, 2.45) is 5.41 Å². The molecule has 0 spiro atoms. The number of benzene rings is 1. The number of nitrogens with zero attached hydrogens (tertiary/aromatic N) is 4. The van der Waals surface area contributed by atoms with Crippen LogP contribution in [-0.2, 0) is 4.79 Å². The van der Waals surface area contributed by atoms with Gasteiger partial charge in [0.1, 0.15) is 11.8 Å². The van der Waals surface area contributed by atoms with Gasteiger partial charge in [0.2, 0.25) is 5.95 Å². The molecule has 4 rings (SSSR count). The highest BCUT2D eigenvalue weighted by Crippen LogP contribution is 2.46. The average molecular weight is 339 g/mol. The van der Waals surface area contributed by atoms with Crippen LogP contribution in [0.4, 0.5) is 5.95 Å². The Morgan fingerprint density at radius 1 is 1.32 bits per heavy atom. The van der Waals surface area contributed by atoms with Gasteiger partial charge in [-0.2, -0.15) is 4.68 Å². The maximum absolute atomic E-state index is 13.0. The number of fused-ring (bicyclic) bond motifs is 1. The van der Waals surface area contributed by atoms with Gasteiger partial charge in [-0.3, -0.25) is 4.79 Å². The number of tetrazole rings is 1. The summed E-state index contributed by atoms with van der Waals surface area (Å²) in [5, 5.41) is 15.3. The number of para-hydroxylation sites is 1. The van der Waals surface area contributed by atoms with Gasteiger partial charge in [-0.1, -0.05) is 37.1 Å². The normalized spacial score (nSPS) is 21.4. The first-order valence-electron chi connectivity index (χ1n) is 8.53. The molecule has 2 heterocycles. The summed E-state index contributed by atoms with van der Waals surface area (Å²) in [5.41, 5.74) is 2.48. The van der Waals surface area contributed by atoms with Crippen LogP contribution in [-0.4, -0.2) is 32.6 Å². The van der Waals surface area contributed by atoms with E-state index >= 15 is 0 Å². The average Bonchev–Trinajstić information content (AvgIpc) is 3.01. The van der Waals surface area contributed by atoms with Crippen LogP contribution in [0.3, 0.4) is 0 Å². The number of hydrogen-bond acceptors (Lipinski definition) is 6. The first-order chi connectivity index (χ1) is 12.0. The fourth-order valence-electron chi connectivity index (χ4n) is 3.75. The molecule has 0 saturated carbocycles. The molecule has 0 fully saturated rings. The first-order valence-corrected chi connectivity index (χ1v) is 8.53. The lowest BCUT2D eigenvalue weighted by molar-refractivity contribution is -0.118. The maximum Gasteiger partial charge on any atom is 0.248 e. The summed E-state index contributed by atoms with van der Waals surface area (Å²) in [4.78, 5) is 13.0. The molecule has 1 aliphatic heterocycles. The van der Waals surface area contributed by atoms with E-state index in [0.29, 0.717) is 19.0 Å². The molecule has 1 aromatic heterocycles. The second-order valence-electron chi connectivity index (χ2n) is 7.28. The molecule has 7 nitrogen and oxygen atoms in total. The lowest BCUT2D eigenvalue weighted by atomic mass is 9.73. The summed E-state index contributed by atoms with van der Waals surface area (Å²) in [6, 6.07) is 7.40. The van der Waals surface area contributed by atoms with Crippen LogP contribution in [0.25, 0.3) is 0 Å². The highest BCUT2D eigenvalue weighted by atomic mass is 16.5. The Kier molecular flexibility index (Phi) is 3.59. The molecule has 130 valence electrons. The molecule has 1 N–H and O–H groups in total. The minimum Gasteiger partial charge on any atom is -0.494 e. The maximum atomic E-state index is 13.0. The first kappa shape index (κ1) is 15.8. The van der Waals surface area contributed by atoms with Gasteiger partial charge in [0, 0.05) is 23.3 Å². The monoisotopic (exact) mass is 339 g/mol. The van der Waals surface area contributed by atoms with Gasteiger partial charge < -0.3 is 10.1 Å². The quantitative estimate of drug-likeness (QED) is 0.926. The van der Waals surface area contributed by atoms with Crippen molar-refractivity contribution >= 4 is 11.7 Å². The van der Waals surface area contributed by atoms with Crippen molar-refractivity contribution in [2.75, 3.05) is 11.9 Å². The Hall–Kier alpha value is -2.70. The van der Waals surface area contributed by atoms with E-state index in [1.165, 1.54) is 0 Å². The van der Waals surface area contributed by atoms with Crippen LogP contribution < -0.4 is 10.1 Å². The van der Waals surface area contributed by atoms with E-state index in [1.54, 1.807) is 4.68 Å². The molecule has 1 aromatic carbocycles. The number of rotatable bonds is 3. The van der Waals surface area contributed by atoms with Crippen LogP contribution >= 0.6 is 0 Å². The molecule has 2 aromatic rings. The summed E-state index contributed by atoms with van der Waals surface area (Å²) in [5.74, 6) is 1.44. The van der Waals surface area contributed by atoms with Crippen molar-refractivity contribution < 1.29 is 9.53 Å². The number of Topliss-reactive ketones (excluding diaryl/α,β-unsaturated/α-hetero) is 1. The van der Waals surface area contributed by atoms with E-state index in [9.17, 15) is 4.79 Å². The summed E-state index contributed by atoms with van der Waals surface area (Å²) < 4.78 is 7.48. The number of aromatic nitrogens is 4. The summed E-state index contributed by atoms with van der Waals surface area (Å²) in [7, 11) is 0. The zero-order valence-corrected chi connectivity index (χ0v) is 14.6. The Balaban J connectivity index is 1.91. The Bertz CT molecular complexity index is 868. The van der Waals surface area contributed by atoms with Crippen molar-refractivity contribution in [3.63, 3.8) is 0 Å². The standard InChI is InChI=1S/C18H21N5O2/c1-4-25-14-8-6-5-7-11(14)16-15-12(9-18(2,3)10-13(15)24)19-17-20-21-22-23(16)17/h5-8,16H,4,9-10H2,1-3H3,(H,19,20,22)/t16-/m1/s1. The zero-order chi connectivity index (χ0) is 17.6.